The average Bonchev–Trinajstić information content (AvgIpc) is 2.55. The minimum absolute atomic E-state index is 0.233. The Kier molecular flexibility index (Phi) is 3.46. The van der Waals surface area contributed by atoms with Gasteiger partial charge in [0.1, 0.15) is 5.75 Å². The van der Waals surface area contributed by atoms with Crippen LogP contribution in [0.1, 0.15) is 24.8 Å². The van der Waals surface area contributed by atoms with Crippen molar-refractivity contribution >= 4 is 0 Å². The third-order valence-corrected chi connectivity index (χ3v) is 3.27. The van der Waals surface area contributed by atoms with Gasteiger partial charge in [0.05, 0.1) is 7.11 Å². The van der Waals surface area contributed by atoms with Crippen molar-refractivity contribution in [1.29, 1.82) is 0 Å². The first-order chi connectivity index (χ1) is 7.74. The highest BCUT2D eigenvalue weighted by atomic mass is 16.5. The van der Waals surface area contributed by atoms with Crippen LogP contribution < -0.4 is 10.5 Å². The zero-order chi connectivity index (χ0) is 11.4. The van der Waals surface area contributed by atoms with Crippen molar-refractivity contribution in [1.82, 2.24) is 0 Å². The van der Waals surface area contributed by atoms with Crippen LogP contribution in [0.15, 0.2) is 24.3 Å². The molecule has 0 spiro atoms. The molecule has 3 nitrogen and oxygen atoms in total. The Bertz CT molecular complexity index is 326. The van der Waals surface area contributed by atoms with Gasteiger partial charge in [-0.3, -0.25) is 0 Å². The maximum absolute atomic E-state index is 6.45. The Hall–Kier alpha value is -1.06. The molecule has 1 aromatic rings. The van der Waals surface area contributed by atoms with Crippen LogP contribution in [0, 0.1) is 0 Å². The number of ether oxygens (including phenoxy) is 2. The molecule has 1 unspecified atom stereocenters. The standard InChI is InChI=1S/C13H19NO2/c1-15-12-5-3-11(4-6-12)13(14)7-2-9-16-10-8-13/h3-6H,2,7-10,14H2,1H3. The number of nitrogens with two attached hydrogens (primary N) is 1. The summed E-state index contributed by atoms with van der Waals surface area (Å²) in [6.07, 6.45) is 2.90. The Morgan fingerprint density at radius 3 is 2.62 bits per heavy atom. The van der Waals surface area contributed by atoms with E-state index < -0.39 is 0 Å². The van der Waals surface area contributed by atoms with Gasteiger partial charge in [-0.15, -0.1) is 0 Å². The molecule has 0 aromatic heterocycles. The zero-order valence-electron chi connectivity index (χ0n) is 9.74. The fourth-order valence-corrected chi connectivity index (χ4v) is 2.18. The van der Waals surface area contributed by atoms with E-state index in [0.29, 0.717) is 0 Å². The molecule has 2 rings (SSSR count). The summed E-state index contributed by atoms with van der Waals surface area (Å²) in [5, 5.41) is 0. The molecule has 1 aromatic carbocycles. The number of hydrogen-bond donors (Lipinski definition) is 1. The van der Waals surface area contributed by atoms with Crippen molar-refractivity contribution < 1.29 is 9.47 Å². The smallest absolute Gasteiger partial charge is 0.118 e. The SMILES string of the molecule is COc1ccc(C2(N)CCCOCC2)cc1. The van der Waals surface area contributed by atoms with Gasteiger partial charge >= 0.3 is 0 Å². The molecule has 0 bridgehead atoms. The Morgan fingerprint density at radius 2 is 1.94 bits per heavy atom. The largest absolute Gasteiger partial charge is 0.497 e. The van der Waals surface area contributed by atoms with E-state index in [0.717, 1.165) is 38.2 Å². The quantitative estimate of drug-likeness (QED) is 0.831. The molecule has 1 aliphatic heterocycles. The highest BCUT2D eigenvalue weighted by Gasteiger charge is 2.28. The minimum atomic E-state index is -0.233. The van der Waals surface area contributed by atoms with Crippen LogP contribution in [0.2, 0.25) is 0 Å². The highest BCUT2D eigenvalue weighted by Crippen LogP contribution is 2.30. The van der Waals surface area contributed by atoms with Gasteiger partial charge in [0.15, 0.2) is 0 Å². The Morgan fingerprint density at radius 1 is 1.19 bits per heavy atom. The number of rotatable bonds is 2. The summed E-state index contributed by atoms with van der Waals surface area (Å²) in [5.41, 5.74) is 7.40. The highest BCUT2D eigenvalue weighted by molar-refractivity contribution is 5.31. The van der Waals surface area contributed by atoms with E-state index in [1.165, 1.54) is 5.56 Å². The molecule has 88 valence electrons. The molecule has 0 radical (unpaired) electrons. The van der Waals surface area contributed by atoms with Crippen LogP contribution in [0.4, 0.5) is 0 Å². The van der Waals surface area contributed by atoms with Crippen LogP contribution in [-0.2, 0) is 10.3 Å². The van der Waals surface area contributed by atoms with Gasteiger partial charge in [0, 0.05) is 18.8 Å². The fraction of sp³-hybridized carbons (Fsp3) is 0.538. The van der Waals surface area contributed by atoms with E-state index in [9.17, 15) is 0 Å². The van der Waals surface area contributed by atoms with E-state index in [1.54, 1.807) is 7.11 Å². The van der Waals surface area contributed by atoms with Gasteiger partial charge in [-0.2, -0.15) is 0 Å². The van der Waals surface area contributed by atoms with Gasteiger partial charge in [-0.05, 0) is 37.0 Å². The van der Waals surface area contributed by atoms with E-state index in [2.05, 4.69) is 12.1 Å². The second kappa shape index (κ2) is 4.85. The lowest BCUT2D eigenvalue weighted by Gasteiger charge is -2.28. The van der Waals surface area contributed by atoms with Crippen molar-refractivity contribution in [3.8, 4) is 5.75 Å². The normalized spacial score (nSPS) is 26.1. The van der Waals surface area contributed by atoms with Crippen LogP contribution >= 0.6 is 0 Å². The summed E-state index contributed by atoms with van der Waals surface area (Å²) in [7, 11) is 1.67. The minimum Gasteiger partial charge on any atom is -0.497 e. The van der Waals surface area contributed by atoms with E-state index in [4.69, 9.17) is 15.2 Å². The van der Waals surface area contributed by atoms with Gasteiger partial charge in [0.2, 0.25) is 0 Å². The van der Waals surface area contributed by atoms with Gasteiger partial charge in [-0.25, -0.2) is 0 Å². The Labute approximate surface area is 96.5 Å². The van der Waals surface area contributed by atoms with Gasteiger partial charge in [0.25, 0.3) is 0 Å². The Balaban J connectivity index is 2.19. The van der Waals surface area contributed by atoms with Crippen LogP contribution in [-0.4, -0.2) is 20.3 Å². The monoisotopic (exact) mass is 221 g/mol. The molecule has 1 fully saturated rings. The molecule has 2 N–H and O–H groups in total. The molecule has 1 atom stereocenters. The molecule has 0 aliphatic carbocycles. The lowest BCUT2D eigenvalue weighted by Crippen LogP contribution is -2.36. The van der Waals surface area contributed by atoms with Crippen LogP contribution in [0.3, 0.4) is 0 Å². The second-order valence-corrected chi connectivity index (χ2v) is 4.35. The van der Waals surface area contributed by atoms with E-state index >= 15 is 0 Å². The van der Waals surface area contributed by atoms with Gasteiger partial charge < -0.3 is 15.2 Å². The maximum Gasteiger partial charge on any atom is 0.118 e. The fourth-order valence-electron chi connectivity index (χ4n) is 2.18. The first-order valence-corrected chi connectivity index (χ1v) is 5.76. The summed E-state index contributed by atoms with van der Waals surface area (Å²) in [6.45, 7) is 1.58. The van der Waals surface area contributed by atoms with Crippen LogP contribution in [0.5, 0.6) is 5.75 Å². The summed E-state index contributed by atoms with van der Waals surface area (Å²) in [4.78, 5) is 0. The molecular weight excluding hydrogens is 202 g/mol. The van der Waals surface area contributed by atoms with E-state index in [-0.39, 0.29) is 5.54 Å². The van der Waals surface area contributed by atoms with E-state index in [1.807, 2.05) is 12.1 Å². The van der Waals surface area contributed by atoms with Crippen molar-refractivity contribution in [2.24, 2.45) is 5.73 Å². The van der Waals surface area contributed by atoms with Crippen molar-refractivity contribution in [2.45, 2.75) is 24.8 Å². The summed E-state index contributed by atoms with van der Waals surface area (Å²) < 4.78 is 10.6. The number of benzene rings is 1. The van der Waals surface area contributed by atoms with Gasteiger partial charge in [-0.1, -0.05) is 12.1 Å². The first kappa shape index (κ1) is 11.4. The molecular formula is C13H19NO2. The summed E-state index contributed by atoms with van der Waals surface area (Å²) in [6, 6.07) is 8.06. The molecule has 0 amide bonds. The lowest BCUT2D eigenvalue weighted by atomic mass is 9.84. The predicted octanol–water partition coefficient (Wildman–Crippen LogP) is 2.05. The summed E-state index contributed by atoms with van der Waals surface area (Å²) in [5.74, 6) is 0.872. The molecule has 1 aliphatic rings. The first-order valence-electron chi connectivity index (χ1n) is 5.76. The van der Waals surface area contributed by atoms with Crippen molar-refractivity contribution in [2.75, 3.05) is 20.3 Å². The average molecular weight is 221 g/mol. The second-order valence-electron chi connectivity index (χ2n) is 4.35. The third-order valence-electron chi connectivity index (χ3n) is 3.27. The van der Waals surface area contributed by atoms with Crippen molar-refractivity contribution in [3.05, 3.63) is 29.8 Å². The number of hydrogen-bond acceptors (Lipinski definition) is 3. The number of methoxy groups -OCH3 is 1. The third kappa shape index (κ3) is 2.36. The molecule has 0 saturated carbocycles. The zero-order valence-corrected chi connectivity index (χ0v) is 9.74. The lowest BCUT2D eigenvalue weighted by molar-refractivity contribution is 0.139. The molecule has 3 heteroatoms. The maximum atomic E-state index is 6.45. The predicted molar refractivity (Wildman–Crippen MR) is 63.5 cm³/mol. The van der Waals surface area contributed by atoms with Crippen molar-refractivity contribution in [3.63, 3.8) is 0 Å². The summed E-state index contributed by atoms with van der Waals surface area (Å²) >= 11 is 0. The molecule has 1 saturated heterocycles. The molecule has 1 heterocycles. The van der Waals surface area contributed by atoms with Crippen LogP contribution in [0.25, 0.3) is 0 Å². The topological polar surface area (TPSA) is 44.5 Å². The molecule has 16 heavy (non-hydrogen) atoms.